The summed E-state index contributed by atoms with van der Waals surface area (Å²) in [4.78, 5) is 32.3. The van der Waals surface area contributed by atoms with Crippen molar-refractivity contribution >= 4 is 34.5 Å². The van der Waals surface area contributed by atoms with Crippen LogP contribution in [0.15, 0.2) is 24.3 Å². The second-order valence-electron chi connectivity index (χ2n) is 7.94. The number of fused-ring (bicyclic) bond motifs is 5. The van der Waals surface area contributed by atoms with Gasteiger partial charge in [-0.15, -0.1) is 11.3 Å². The van der Waals surface area contributed by atoms with Crippen LogP contribution in [0.2, 0.25) is 5.02 Å². The van der Waals surface area contributed by atoms with Gasteiger partial charge in [-0.2, -0.15) is 0 Å². The van der Waals surface area contributed by atoms with Gasteiger partial charge in [0.2, 0.25) is 0 Å². The van der Waals surface area contributed by atoms with Gasteiger partial charge in [-0.25, -0.2) is 4.98 Å². The van der Waals surface area contributed by atoms with Crippen molar-refractivity contribution in [3.05, 3.63) is 39.9 Å². The molecule has 2 bridgehead atoms. The summed E-state index contributed by atoms with van der Waals surface area (Å²) in [6.45, 7) is 4.04. The lowest BCUT2D eigenvalue weighted by molar-refractivity contribution is -0.129. The summed E-state index contributed by atoms with van der Waals surface area (Å²) in [6.07, 6.45) is 2.39. The molecular formula is C21H20ClNO3S. The number of carbonyl (C=O) groups is 2. The average Bonchev–Trinajstić information content (AvgIpc) is 3.36. The lowest BCUT2D eigenvalue weighted by Crippen LogP contribution is -2.37. The monoisotopic (exact) mass is 401 g/mol. The third-order valence-electron chi connectivity index (χ3n) is 6.38. The minimum atomic E-state index is -0.726. The van der Waals surface area contributed by atoms with Crippen molar-refractivity contribution in [1.82, 2.24) is 4.98 Å². The summed E-state index contributed by atoms with van der Waals surface area (Å²) in [5, 5.41) is 1.51. The van der Waals surface area contributed by atoms with Crippen LogP contribution in [0.3, 0.4) is 0 Å². The molecule has 1 unspecified atom stereocenters. The molecule has 1 aliphatic carbocycles. The molecule has 5 rings (SSSR count). The average molecular weight is 402 g/mol. The maximum atomic E-state index is 13.3. The van der Waals surface area contributed by atoms with Crippen molar-refractivity contribution in [1.29, 1.82) is 0 Å². The van der Waals surface area contributed by atoms with Gasteiger partial charge < -0.3 is 4.74 Å². The molecular weight excluding hydrogens is 382 g/mol. The Balaban J connectivity index is 1.56. The van der Waals surface area contributed by atoms with Gasteiger partial charge in [0, 0.05) is 15.5 Å². The molecule has 1 aromatic heterocycles. The zero-order valence-corrected chi connectivity index (χ0v) is 16.8. The minimum absolute atomic E-state index is 0.0114. The molecule has 1 aromatic carbocycles. The van der Waals surface area contributed by atoms with E-state index in [9.17, 15) is 9.59 Å². The highest BCUT2D eigenvalue weighted by molar-refractivity contribution is 7.15. The third kappa shape index (κ3) is 2.41. The highest BCUT2D eigenvalue weighted by atomic mass is 35.5. The van der Waals surface area contributed by atoms with Gasteiger partial charge in [-0.05, 0) is 38.3 Å². The second kappa shape index (κ2) is 5.97. The first kappa shape index (κ1) is 17.5. The van der Waals surface area contributed by atoms with Gasteiger partial charge in [-0.3, -0.25) is 9.59 Å². The molecule has 3 heterocycles. The van der Waals surface area contributed by atoms with Crippen LogP contribution in [0.5, 0.6) is 0 Å². The highest BCUT2D eigenvalue weighted by Crippen LogP contribution is 2.58. The number of ether oxygens (including phenoxy) is 1. The number of Topliss-reactive ketones (excluding diaryl/α,β-unsaturated/α-hetero) is 2. The second-order valence-corrected chi connectivity index (χ2v) is 9.46. The van der Waals surface area contributed by atoms with Gasteiger partial charge in [0.1, 0.15) is 10.9 Å². The number of halogens is 1. The van der Waals surface area contributed by atoms with Crippen molar-refractivity contribution in [3.8, 4) is 10.6 Å². The summed E-state index contributed by atoms with van der Waals surface area (Å²) < 4.78 is 6.02. The first-order valence-corrected chi connectivity index (χ1v) is 10.6. The summed E-state index contributed by atoms with van der Waals surface area (Å²) in [5.74, 6) is -1.29. The van der Waals surface area contributed by atoms with E-state index in [0.29, 0.717) is 10.7 Å². The third-order valence-corrected chi connectivity index (χ3v) is 7.90. The minimum Gasteiger partial charge on any atom is -0.370 e. The first-order chi connectivity index (χ1) is 12.9. The zero-order valence-electron chi connectivity index (χ0n) is 15.2. The summed E-state index contributed by atoms with van der Waals surface area (Å²) in [7, 11) is 0. The van der Waals surface area contributed by atoms with Gasteiger partial charge >= 0.3 is 0 Å². The van der Waals surface area contributed by atoms with Crippen molar-refractivity contribution < 1.29 is 14.3 Å². The van der Waals surface area contributed by atoms with Crippen molar-refractivity contribution in [2.75, 3.05) is 0 Å². The van der Waals surface area contributed by atoms with Crippen molar-refractivity contribution in [2.45, 2.75) is 50.7 Å². The summed E-state index contributed by atoms with van der Waals surface area (Å²) in [6, 6.07) is 7.50. The van der Waals surface area contributed by atoms with Gasteiger partial charge in [0.15, 0.2) is 11.6 Å². The molecule has 5 atom stereocenters. The van der Waals surface area contributed by atoms with Crippen LogP contribution in [0.1, 0.15) is 43.2 Å². The number of nitrogens with zero attached hydrogens (tertiary/aromatic N) is 1. The van der Waals surface area contributed by atoms with E-state index >= 15 is 0 Å². The van der Waals surface area contributed by atoms with Crippen LogP contribution in [0.4, 0.5) is 0 Å². The Labute approximate surface area is 166 Å². The lowest BCUT2D eigenvalue weighted by atomic mass is 9.74. The molecule has 2 saturated heterocycles. The van der Waals surface area contributed by atoms with Crippen LogP contribution in [0, 0.1) is 11.8 Å². The fourth-order valence-corrected chi connectivity index (χ4v) is 6.30. The molecule has 1 saturated carbocycles. The zero-order chi connectivity index (χ0) is 18.9. The molecule has 3 fully saturated rings. The molecule has 4 nitrogen and oxygen atoms in total. The Morgan fingerprint density at radius 2 is 2.00 bits per heavy atom. The Bertz CT molecular complexity index is 953. The largest absolute Gasteiger partial charge is 0.370 e. The Morgan fingerprint density at radius 1 is 1.26 bits per heavy atom. The molecule has 27 heavy (non-hydrogen) atoms. The van der Waals surface area contributed by atoms with Crippen LogP contribution >= 0.6 is 22.9 Å². The Hall–Kier alpha value is -1.56. The van der Waals surface area contributed by atoms with Gasteiger partial charge in [0.25, 0.3) is 0 Å². The van der Waals surface area contributed by atoms with E-state index in [2.05, 4.69) is 0 Å². The molecule has 0 spiro atoms. The van der Waals surface area contributed by atoms with E-state index in [-0.39, 0.29) is 29.5 Å². The number of hydrogen-bond donors (Lipinski definition) is 0. The molecule has 2 aromatic rings. The quantitative estimate of drug-likeness (QED) is 0.713. The summed E-state index contributed by atoms with van der Waals surface area (Å²) in [5.41, 5.74) is 1.15. The highest BCUT2D eigenvalue weighted by Gasteiger charge is 2.68. The van der Waals surface area contributed by atoms with E-state index in [1.807, 2.05) is 38.1 Å². The lowest BCUT2D eigenvalue weighted by Gasteiger charge is -2.26. The SMILES string of the molecule is CCc1sc(-c2ccc(Cl)cc2)nc1C1C(=O)[C@H]2[C@H]3CC[C@@](C)(O3)[C@H]2C1=O. The fourth-order valence-electron chi connectivity index (χ4n) is 5.13. The molecule has 140 valence electrons. The predicted molar refractivity (Wildman–Crippen MR) is 104 cm³/mol. The number of hydrogen-bond acceptors (Lipinski definition) is 5. The number of thiazole rings is 1. The van der Waals surface area contributed by atoms with Crippen LogP contribution in [-0.2, 0) is 20.7 Å². The van der Waals surface area contributed by atoms with E-state index in [1.54, 1.807) is 11.3 Å². The Kier molecular flexibility index (Phi) is 3.87. The number of benzene rings is 1. The van der Waals surface area contributed by atoms with Crippen LogP contribution in [0.25, 0.3) is 10.6 Å². The fraction of sp³-hybridized carbons (Fsp3) is 0.476. The molecule has 3 aliphatic rings. The Morgan fingerprint density at radius 3 is 2.67 bits per heavy atom. The predicted octanol–water partition coefficient (Wildman–Crippen LogP) is 4.45. The normalized spacial score (nSPS) is 34.5. The number of aryl methyl sites for hydroxylation is 1. The number of aromatic nitrogens is 1. The number of rotatable bonds is 3. The van der Waals surface area contributed by atoms with E-state index in [4.69, 9.17) is 21.3 Å². The van der Waals surface area contributed by atoms with E-state index in [1.165, 1.54) is 0 Å². The summed E-state index contributed by atoms with van der Waals surface area (Å²) >= 11 is 7.55. The molecule has 2 aliphatic heterocycles. The van der Waals surface area contributed by atoms with E-state index in [0.717, 1.165) is 34.7 Å². The molecule has 0 N–H and O–H groups in total. The number of ketones is 2. The van der Waals surface area contributed by atoms with Gasteiger partial charge in [-0.1, -0.05) is 30.7 Å². The van der Waals surface area contributed by atoms with Crippen LogP contribution < -0.4 is 0 Å². The smallest absolute Gasteiger partial charge is 0.156 e. The number of carbonyl (C=O) groups excluding carboxylic acids is 2. The van der Waals surface area contributed by atoms with Gasteiger partial charge in [0.05, 0.1) is 29.2 Å². The maximum Gasteiger partial charge on any atom is 0.156 e. The topological polar surface area (TPSA) is 56.3 Å². The standard InChI is InChI=1S/C21H20ClNO3S/c1-3-13-17(23-20(27-13)10-4-6-11(22)7-5-10)15-18(24)14-12-8-9-21(2,26-12)16(14)19(15)25/h4-7,12,14-16H,3,8-9H2,1-2H3/t12-,14+,15?,16-,21-/m1/s1. The maximum absolute atomic E-state index is 13.3. The molecule has 0 amide bonds. The first-order valence-electron chi connectivity index (χ1n) is 9.44. The molecule has 6 heteroatoms. The van der Waals surface area contributed by atoms with Crippen molar-refractivity contribution in [2.24, 2.45) is 11.8 Å². The van der Waals surface area contributed by atoms with E-state index < -0.39 is 11.5 Å². The van der Waals surface area contributed by atoms with Crippen LogP contribution in [-0.4, -0.2) is 28.3 Å². The van der Waals surface area contributed by atoms with Crippen molar-refractivity contribution in [3.63, 3.8) is 0 Å². The molecule has 0 radical (unpaired) electrons.